The molecule has 0 saturated heterocycles. The van der Waals surface area contributed by atoms with E-state index in [9.17, 15) is 18.0 Å². The summed E-state index contributed by atoms with van der Waals surface area (Å²) in [5, 5.41) is 6.46. The third-order valence-electron chi connectivity index (χ3n) is 4.86. The van der Waals surface area contributed by atoms with Crippen molar-refractivity contribution in [2.75, 3.05) is 46.2 Å². The Hall–Kier alpha value is -1.27. The van der Waals surface area contributed by atoms with Gasteiger partial charge in [0.15, 0.2) is 5.25 Å². The minimum Gasteiger partial charge on any atom is -0.480 e. The molecule has 0 aromatic carbocycles. The average Bonchev–Trinajstić information content (AvgIpc) is 2.75. The number of esters is 1. The molecule has 2 N–H and O–H groups in total. The van der Waals surface area contributed by atoms with Crippen molar-refractivity contribution in [1.29, 1.82) is 0 Å². The van der Waals surface area contributed by atoms with Gasteiger partial charge < -0.3 is 24.1 Å². The minimum absolute atomic E-state index is 0.0496. The SMILES string of the molecule is CCCCCCCCCCCCOCCOCCOCCOC(=O)C[C@@H](C(=O)O)S(=O)(=O)O. The second-order valence-corrected chi connectivity index (χ2v) is 9.38. The molecule has 0 rings (SSSR count). The number of carboxylic acid groups (broad SMARTS) is 1. The zero-order valence-corrected chi connectivity index (χ0v) is 20.7. The van der Waals surface area contributed by atoms with E-state index in [1.54, 1.807) is 0 Å². The maximum Gasteiger partial charge on any atom is 0.325 e. The first kappa shape index (κ1) is 31.7. The molecule has 0 amide bonds. The number of ether oxygens (including phenoxy) is 4. The van der Waals surface area contributed by atoms with Gasteiger partial charge in [-0.2, -0.15) is 8.42 Å². The van der Waals surface area contributed by atoms with E-state index in [2.05, 4.69) is 11.7 Å². The number of hydrogen-bond acceptors (Lipinski definition) is 8. The van der Waals surface area contributed by atoms with Crippen LogP contribution in [0.5, 0.6) is 0 Å². The van der Waals surface area contributed by atoms with Crippen molar-refractivity contribution in [2.24, 2.45) is 0 Å². The van der Waals surface area contributed by atoms with Crippen LogP contribution < -0.4 is 0 Å². The molecular formula is C22H42O10S. The third-order valence-corrected chi connectivity index (χ3v) is 5.95. The van der Waals surface area contributed by atoms with Crippen LogP contribution in [0, 0.1) is 0 Å². The van der Waals surface area contributed by atoms with E-state index in [0.717, 1.165) is 13.0 Å². The first-order valence-electron chi connectivity index (χ1n) is 11.9. The minimum atomic E-state index is -4.88. The molecule has 0 radical (unpaired) electrons. The number of rotatable bonds is 24. The van der Waals surface area contributed by atoms with Crippen molar-refractivity contribution in [3.63, 3.8) is 0 Å². The highest BCUT2D eigenvalue weighted by atomic mass is 32.2. The topological polar surface area (TPSA) is 146 Å². The Balaban J connectivity index is 3.36. The summed E-state index contributed by atoms with van der Waals surface area (Å²) >= 11 is 0. The zero-order valence-electron chi connectivity index (χ0n) is 19.9. The van der Waals surface area contributed by atoms with Gasteiger partial charge >= 0.3 is 11.9 Å². The van der Waals surface area contributed by atoms with Crippen LogP contribution in [-0.4, -0.2) is 81.5 Å². The molecule has 1 atom stereocenters. The summed E-state index contributed by atoms with van der Waals surface area (Å²) in [6.07, 6.45) is 11.9. The van der Waals surface area contributed by atoms with Gasteiger partial charge in [0.25, 0.3) is 10.1 Å². The summed E-state index contributed by atoms with van der Waals surface area (Å²) in [6, 6.07) is 0. The molecular weight excluding hydrogens is 456 g/mol. The number of unbranched alkanes of at least 4 members (excludes halogenated alkanes) is 9. The largest absolute Gasteiger partial charge is 0.480 e. The number of carboxylic acids is 1. The van der Waals surface area contributed by atoms with Gasteiger partial charge in [-0.15, -0.1) is 0 Å². The normalized spacial score (nSPS) is 12.5. The highest BCUT2D eigenvalue weighted by Gasteiger charge is 2.33. The van der Waals surface area contributed by atoms with Gasteiger partial charge in [0, 0.05) is 6.61 Å². The maximum absolute atomic E-state index is 11.4. The fraction of sp³-hybridized carbons (Fsp3) is 0.909. The Kier molecular flexibility index (Phi) is 20.5. The predicted octanol–water partition coefficient (Wildman–Crippen LogP) is 3.23. The maximum atomic E-state index is 11.4. The highest BCUT2D eigenvalue weighted by Crippen LogP contribution is 2.10. The highest BCUT2D eigenvalue weighted by molar-refractivity contribution is 7.87. The van der Waals surface area contributed by atoms with Crippen molar-refractivity contribution in [2.45, 2.75) is 82.8 Å². The molecule has 0 spiro atoms. The lowest BCUT2D eigenvalue weighted by atomic mass is 10.1. The fourth-order valence-corrected chi connectivity index (χ4v) is 3.58. The molecule has 0 heterocycles. The molecule has 0 unspecified atom stereocenters. The molecule has 0 aliphatic carbocycles. The van der Waals surface area contributed by atoms with Crippen LogP contribution in [0.25, 0.3) is 0 Å². The molecule has 0 bridgehead atoms. The Morgan fingerprint density at radius 2 is 1.12 bits per heavy atom. The van der Waals surface area contributed by atoms with Gasteiger partial charge in [0.05, 0.1) is 39.5 Å². The van der Waals surface area contributed by atoms with E-state index in [-0.39, 0.29) is 19.8 Å². The van der Waals surface area contributed by atoms with Gasteiger partial charge in [0.1, 0.15) is 6.61 Å². The van der Waals surface area contributed by atoms with E-state index in [4.69, 9.17) is 23.9 Å². The Labute approximate surface area is 198 Å². The first-order valence-corrected chi connectivity index (χ1v) is 13.4. The summed E-state index contributed by atoms with van der Waals surface area (Å²) < 4.78 is 51.3. The Bertz CT molecular complexity index is 594. The van der Waals surface area contributed by atoms with Gasteiger partial charge in [-0.3, -0.25) is 14.1 Å². The second kappa shape index (κ2) is 21.3. The number of hydrogen-bond donors (Lipinski definition) is 2. The zero-order chi connectivity index (χ0) is 24.8. The van der Waals surface area contributed by atoms with Crippen LogP contribution in [0.1, 0.15) is 77.6 Å². The summed E-state index contributed by atoms with van der Waals surface area (Å²) in [5.74, 6) is -2.88. The van der Waals surface area contributed by atoms with Crippen LogP contribution in [0.3, 0.4) is 0 Å². The van der Waals surface area contributed by atoms with E-state index in [1.165, 1.54) is 57.8 Å². The number of aliphatic carboxylic acids is 1. The molecule has 0 fully saturated rings. The lowest BCUT2D eigenvalue weighted by molar-refractivity contribution is -0.148. The van der Waals surface area contributed by atoms with Crippen LogP contribution in [0.4, 0.5) is 0 Å². The molecule has 196 valence electrons. The van der Waals surface area contributed by atoms with Crippen molar-refractivity contribution >= 4 is 22.1 Å². The van der Waals surface area contributed by atoms with Crippen molar-refractivity contribution in [3.8, 4) is 0 Å². The van der Waals surface area contributed by atoms with Crippen LogP contribution in [-0.2, 0) is 38.7 Å². The smallest absolute Gasteiger partial charge is 0.325 e. The van der Waals surface area contributed by atoms with E-state index < -0.39 is 33.7 Å². The second-order valence-electron chi connectivity index (χ2n) is 7.79. The van der Waals surface area contributed by atoms with Gasteiger partial charge in [-0.05, 0) is 6.42 Å². The molecule has 0 aromatic heterocycles. The van der Waals surface area contributed by atoms with Crippen molar-refractivity contribution in [3.05, 3.63) is 0 Å². The van der Waals surface area contributed by atoms with Crippen LogP contribution in [0.2, 0.25) is 0 Å². The average molecular weight is 499 g/mol. The summed E-state index contributed by atoms with van der Waals surface area (Å²) in [4.78, 5) is 22.2. The monoisotopic (exact) mass is 498 g/mol. The van der Waals surface area contributed by atoms with E-state index in [1.807, 2.05) is 0 Å². The molecule has 0 aromatic rings. The predicted molar refractivity (Wildman–Crippen MR) is 123 cm³/mol. The standard InChI is InChI=1S/C22H42O10S/c1-2-3-4-5-6-7-8-9-10-11-12-29-13-14-30-15-16-31-17-18-32-21(23)19-20(22(24)25)33(26,27)28/h20H,2-19H2,1H3,(H,24,25)(H,26,27,28)/t20-/m0/s1. The van der Waals surface area contributed by atoms with Gasteiger partial charge in [0.2, 0.25) is 0 Å². The van der Waals surface area contributed by atoms with Crippen molar-refractivity contribution < 1.29 is 46.6 Å². The molecule has 0 aliphatic rings. The summed E-state index contributed by atoms with van der Waals surface area (Å²) in [6.45, 7) is 4.46. The Morgan fingerprint density at radius 3 is 1.58 bits per heavy atom. The summed E-state index contributed by atoms with van der Waals surface area (Å²) in [5.41, 5.74) is 0. The molecule has 11 heteroatoms. The molecule has 10 nitrogen and oxygen atoms in total. The quantitative estimate of drug-likeness (QED) is 0.115. The van der Waals surface area contributed by atoms with Crippen molar-refractivity contribution in [1.82, 2.24) is 0 Å². The molecule has 33 heavy (non-hydrogen) atoms. The van der Waals surface area contributed by atoms with E-state index in [0.29, 0.717) is 19.8 Å². The molecule has 0 aliphatic heterocycles. The lowest BCUT2D eigenvalue weighted by Gasteiger charge is -2.10. The van der Waals surface area contributed by atoms with Gasteiger partial charge in [-0.25, -0.2) is 0 Å². The fourth-order valence-electron chi connectivity index (χ4n) is 2.98. The van der Waals surface area contributed by atoms with Crippen LogP contribution in [0.15, 0.2) is 0 Å². The van der Waals surface area contributed by atoms with Gasteiger partial charge in [-0.1, -0.05) is 64.7 Å². The third kappa shape index (κ3) is 21.0. The first-order chi connectivity index (χ1) is 15.8. The lowest BCUT2D eigenvalue weighted by Crippen LogP contribution is -2.32. The number of carbonyl (C=O) groups is 2. The molecule has 0 saturated carbocycles. The Morgan fingerprint density at radius 1 is 0.697 bits per heavy atom. The number of carbonyl (C=O) groups excluding carboxylic acids is 1. The van der Waals surface area contributed by atoms with E-state index >= 15 is 0 Å². The van der Waals surface area contributed by atoms with Crippen LogP contribution >= 0.6 is 0 Å². The summed E-state index contributed by atoms with van der Waals surface area (Å²) in [7, 11) is -4.88.